The zero-order valence-corrected chi connectivity index (χ0v) is 15.6. The van der Waals surface area contributed by atoms with Gasteiger partial charge in [-0.2, -0.15) is 0 Å². The lowest BCUT2D eigenvalue weighted by atomic mass is 9.96. The fourth-order valence-electron chi connectivity index (χ4n) is 2.87. The molecule has 132 valence electrons. The molecule has 5 heteroatoms. The number of hydrogen-bond acceptors (Lipinski definition) is 4. The molecule has 1 aromatic rings. The highest BCUT2D eigenvalue weighted by molar-refractivity contribution is 7.99. The molecule has 1 heterocycles. The maximum Gasteiger partial charge on any atom is 0.309 e. The molecule has 1 aliphatic rings. The van der Waals surface area contributed by atoms with Crippen molar-refractivity contribution in [1.29, 1.82) is 0 Å². The number of amides is 1. The van der Waals surface area contributed by atoms with Crippen LogP contribution >= 0.6 is 11.8 Å². The molecule has 0 atom stereocenters. The second kappa shape index (κ2) is 9.11. The molecule has 0 N–H and O–H groups in total. The van der Waals surface area contributed by atoms with Crippen molar-refractivity contribution >= 4 is 23.6 Å². The maximum absolute atomic E-state index is 12.4. The number of likely N-dealkylation sites (tertiary alicyclic amines) is 1. The highest BCUT2D eigenvalue weighted by Gasteiger charge is 2.28. The van der Waals surface area contributed by atoms with Crippen LogP contribution in [0.25, 0.3) is 0 Å². The zero-order valence-electron chi connectivity index (χ0n) is 14.8. The van der Waals surface area contributed by atoms with Crippen LogP contribution in [0.3, 0.4) is 0 Å². The van der Waals surface area contributed by atoms with Gasteiger partial charge in [-0.3, -0.25) is 9.59 Å². The summed E-state index contributed by atoms with van der Waals surface area (Å²) in [4.78, 5) is 27.3. The largest absolute Gasteiger partial charge is 0.466 e. The first kappa shape index (κ1) is 18.8. The molecule has 0 spiro atoms. The topological polar surface area (TPSA) is 46.6 Å². The van der Waals surface area contributed by atoms with Crippen molar-refractivity contribution in [2.24, 2.45) is 5.92 Å². The van der Waals surface area contributed by atoms with E-state index in [0.29, 0.717) is 44.2 Å². The van der Waals surface area contributed by atoms with Crippen molar-refractivity contribution in [3.63, 3.8) is 0 Å². The van der Waals surface area contributed by atoms with Crippen molar-refractivity contribution in [2.75, 3.05) is 19.7 Å². The van der Waals surface area contributed by atoms with Crippen molar-refractivity contribution in [3.8, 4) is 0 Å². The van der Waals surface area contributed by atoms with Crippen molar-refractivity contribution in [1.82, 2.24) is 4.90 Å². The molecule has 4 nitrogen and oxygen atoms in total. The van der Waals surface area contributed by atoms with Gasteiger partial charge in [0.25, 0.3) is 0 Å². The predicted octanol–water partition coefficient (Wildman–Crippen LogP) is 3.53. The Morgan fingerprint density at radius 2 is 1.83 bits per heavy atom. The molecule has 24 heavy (non-hydrogen) atoms. The minimum absolute atomic E-state index is 0.0543. The van der Waals surface area contributed by atoms with Crippen LogP contribution in [0.15, 0.2) is 29.2 Å². The van der Waals surface area contributed by atoms with Crippen LogP contribution in [0, 0.1) is 5.92 Å². The molecule has 1 aliphatic heterocycles. The van der Waals surface area contributed by atoms with Crippen molar-refractivity contribution < 1.29 is 14.3 Å². The maximum atomic E-state index is 12.4. The summed E-state index contributed by atoms with van der Waals surface area (Å²) >= 11 is 1.82. The molecule has 1 fully saturated rings. The zero-order chi connectivity index (χ0) is 17.5. The van der Waals surface area contributed by atoms with Crippen LogP contribution in [-0.4, -0.2) is 41.7 Å². The number of carbonyl (C=O) groups excluding carboxylic acids is 2. The molecule has 0 unspecified atom stereocenters. The Kier molecular flexibility index (Phi) is 7.16. The molecule has 0 saturated carbocycles. The summed E-state index contributed by atoms with van der Waals surface area (Å²) in [7, 11) is 0. The smallest absolute Gasteiger partial charge is 0.309 e. The summed E-state index contributed by atoms with van der Waals surface area (Å²) in [6.07, 6.45) is 1.83. The first-order valence-corrected chi connectivity index (χ1v) is 9.57. The third kappa shape index (κ3) is 5.55. The number of rotatable bonds is 6. The van der Waals surface area contributed by atoms with E-state index in [9.17, 15) is 9.59 Å². The number of hydrogen-bond donors (Lipinski definition) is 0. The van der Waals surface area contributed by atoms with Gasteiger partial charge in [0.1, 0.15) is 0 Å². The minimum atomic E-state index is -0.122. The Balaban J connectivity index is 1.82. The van der Waals surface area contributed by atoms with E-state index in [2.05, 4.69) is 26.0 Å². The standard InChI is InChI=1S/C19H27NO3S/c1-4-23-19(22)16-9-11-20(12-10-16)18(21)13-15-5-7-17(8-6-15)24-14(2)3/h5-8,14,16H,4,9-13H2,1-3H3. The van der Waals surface area contributed by atoms with Gasteiger partial charge in [-0.05, 0) is 37.5 Å². The van der Waals surface area contributed by atoms with Crippen LogP contribution in [0.1, 0.15) is 39.2 Å². The monoisotopic (exact) mass is 349 g/mol. The van der Waals surface area contributed by atoms with Crippen LogP contribution in [-0.2, 0) is 20.7 Å². The normalized spacial score (nSPS) is 15.6. The van der Waals surface area contributed by atoms with E-state index in [0.717, 1.165) is 5.56 Å². The lowest BCUT2D eigenvalue weighted by Gasteiger charge is -2.31. The predicted molar refractivity (Wildman–Crippen MR) is 97.1 cm³/mol. The molecular formula is C19H27NO3S. The number of benzene rings is 1. The van der Waals surface area contributed by atoms with Gasteiger partial charge in [0.05, 0.1) is 18.9 Å². The van der Waals surface area contributed by atoms with E-state index < -0.39 is 0 Å². The molecule has 2 rings (SSSR count). The van der Waals surface area contributed by atoms with E-state index in [-0.39, 0.29) is 17.8 Å². The average molecular weight is 349 g/mol. The number of carbonyl (C=O) groups is 2. The molecular weight excluding hydrogens is 322 g/mol. The van der Waals surface area contributed by atoms with Crippen LogP contribution in [0.2, 0.25) is 0 Å². The fourth-order valence-corrected chi connectivity index (χ4v) is 3.71. The summed E-state index contributed by atoms with van der Waals surface area (Å²) in [5.74, 6) is -0.0363. The second-order valence-electron chi connectivity index (χ2n) is 6.39. The molecule has 1 saturated heterocycles. The van der Waals surface area contributed by atoms with Gasteiger partial charge in [-0.25, -0.2) is 0 Å². The van der Waals surface area contributed by atoms with Gasteiger partial charge in [0, 0.05) is 23.2 Å². The highest BCUT2D eigenvalue weighted by Crippen LogP contribution is 2.23. The van der Waals surface area contributed by atoms with Crippen LogP contribution in [0.4, 0.5) is 0 Å². The summed E-state index contributed by atoms with van der Waals surface area (Å²) < 4.78 is 5.07. The van der Waals surface area contributed by atoms with Gasteiger partial charge >= 0.3 is 5.97 Å². The Morgan fingerprint density at radius 3 is 2.38 bits per heavy atom. The van der Waals surface area contributed by atoms with E-state index in [1.807, 2.05) is 35.7 Å². The SMILES string of the molecule is CCOC(=O)C1CCN(C(=O)Cc2ccc(SC(C)C)cc2)CC1. The van der Waals surface area contributed by atoms with Crippen LogP contribution < -0.4 is 0 Å². The van der Waals surface area contributed by atoms with E-state index >= 15 is 0 Å². The summed E-state index contributed by atoms with van der Waals surface area (Å²) in [6.45, 7) is 7.86. The number of ether oxygens (including phenoxy) is 1. The summed E-state index contributed by atoms with van der Waals surface area (Å²) in [5, 5.41) is 0.554. The quantitative estimate of drug-likeness (QED) is 0.582. The fraction of sp³-hybridized carbons (Fsp3) is 0.579. The minimum Gasteiger partial charge on any atom is -0.466 e. The molecule has 0 bridgehead atoms. The van der Waals surface area contributed by atoms with Gasteiger partial charge in [0.15, 0.2) is 0 Å². The summed E-state index contributed by atoms with van der Waals surface area (Å²) in [6, 6.07) is 8.24. The van der Waals surface area contributed by atoms with E-state index in [1.165, 1.54) is 4.90 Å². The molecule has 0 radical (unpaired) electrons. The van der Waals surface area contributed by atoms with Gasteiger partial charge in [-0.1, -0.05) is 26.0 Å². The van der Waals surface area contributed by atoms with Gasteiger partial charge < -0.3 is 9.64 Å². The average Bonchev–Trinajstić information content (AvgIpc) is 2.56. The molecule has 0 aliphatic carbocycles. The lowest BCUT2D eigenvalue weighted by molar-refractivity contribution is -0.151. The Hall–Kier alpha value is -1.49. The first-order chi connectivity index (χ1) is 11.5. The van der Waals surface area contributed by atoms with Gasteiger partial charge in [-0.15, -0.1) is 11.8 Å². The molecule has 0 aromatic heterocycles. The number of piperidine rings is 1. The molecule has 1 amide bonds. The number of nitrogens with zero attached hydrogens (tertiary/aromatic N) is 1. The summed E-state index contributed by atoms with van der Waals surface area (Å²) in [5.41, 5.74) is 1.04. The van der Waals surface area contributed by atoms with Gasteiger partial charge in [0.2, 0.25) is 5.91 Å². The highest BCUT2D eigenvalue weighted by atomic mass is 32.2. The lowest BCUT2D eigenvalue weighted by Crippen LogP contribution is -2.41. The van der Waals surface area contributed by atoms with Crippen LogP contribution in [0.5, 0.6) is 0 Å². The Morgan fingerprint density at radius 1 is 1.21 bits per heavy atom. The van der Waals surface area contributed by atoms with E-state index in [4.69, 9.17) is 4.74 Å². The molecule has 1 aromatic carbocycles. The van der Waals surface area contributed by atoms with Crippen molar-refractivity contribution in [2.45, 2.75) is 50.2 Å². The number of thioether (sulfide) groups is 1. The first-order valence-electron chi connectivity index (χ1n) is 8.69. The third-order valence-corrected chi connectivity index (χ3v) is 5.13. The third-order valence-electron chi connectivity index (χ3n) is 4.12. The van der Waals surface area contributed by atoms with Crippen molar-refractivity contribution in [3.05, 3.63) is 29.8 Å². The Labute approximate surface area is 148 Å². The number of esters is 1. The second-order valence-corrected chi connectivity index (χ2v) is 8.04. The van der Waals surface area contributed by atoms with E-state index in [1.54, 1.807) is 0 Å². The Bertz CT molecular complexity index is 548.